The standard InChI is InChI=1S/C21H23N5/c22-15-19-7-4-8-20(24-19)23-17-21(9-10-21)26-13-11-25(12-14-26)16-18-5-2-1-3-6-18/h2,4-8H,9-14,16-17H2,(H,23,24). The van der Waals surface area contributed by atoms with Crippen LogP contribution in [0.25, 0.3) is 0 Å². The molecule has 1 aliphatic carbocycles. The highest BCUT2D eigenvalue weighted by atomic mass is 15.3. The van der Waals surface area contributed by atoms with E-state index in [2.05, 4.69) is 44.4 Å². The smallest absolute Gasteiger partial charge is 0.142 e. The van der Waals surface area contributed by atoms with Gasteiger partial charge in [0.05, 0.1) is 0 Å². The first-order valence-electron chi connectivity index (χ1n) is 9.23. The maximum Gasteiger partial charge on any atom is 0.142 e. The highest BCUT2D eigenvalue weighted by molar-refractivity contribution is 5.39. The van der Waals surface area contributed by atoms with Gasteiger partial charge in [-0.1, -0.05) is 18.2 Å². The van der Waals surface area contributed by atoms with E-state index >= 15 is 0 Å². The van der Waals surface area contributed by atoms with Gasteiger partial charge in [-0.3, -0.25) is 9.80 Å². The zero-order valence-corrected chi connectivity index (χ0v) is 14.9. The zero-order valence-electron chi connectivity index (χ0n) is 14.9. The van der Waals surface area contributed by atoms with Crippen molar-refractivity contribution in [1.29, 1.82) is 5.26 Å². The van der Waals surface area contributed by atoms with Crippen molar-refractivity contribution in [3.05, 3.63) is 59.8 Å². The first-order chi connectivity index (χ1) is 12.8. The predicted molar refractivity (Wildman–Crippen MR) is 100 cm³/mol. The van der Waals surface area contributed by atoms with Gasteiger partial charge in [-0.15, -0.1) is 0 Å². The van der Waals surface area contributed by atoms with Crippen LogP contribution in [0.1, 0.15) is 24.1 Å². The Kier molecular flexibility index (Phi) is 4.75. The lowest BCUT2D eigenvalue weighted by Crippen LogP contribution is -2.53. The lowest BCUT2D eigenvalue weighted by atomic mass is 10.1. The Hall–Kier alpha value is -2.60. The molecule has 2 fully saturated rings. The summed E-state index contributed by atoms with van der Waals surface area (Å²) < 4.78 is 0. The van der Waals surface area contributed by atoms with Crippen molar-refractivity contribution in [2.24, 2.45) is 0 Å². The molecule has 2 aromatic rings. The van der Waals surface area contributed by atoms with Gasteiger partial charge in [0.25, 0.3) is 0 Å². The van der Waals surface area contributed by atoms with E-state index in [1.165, 1.54) is 18.4 Å². The van der Waals surface area contributed by atoms with Crippen LogP contribution in [0, 0.1) is 23.5 Å². The second-order valence-electron chi connectivity index (χ2n) is 7.20. The van der Waals surface area contributed by atoms with Crippen molar-refractivity contribution < 1.29 is 0 Å². The summed E-state index contributed by atoms with van der Waals surface area (Å²) in [7, 11) is 0. The monoisotopic (exact) mass is 345 g/mol. The summed E-state index contributed by atoms with van der Waals surface area (Å²) in [6.45, 7) is 6.31. The Balaban J connectivity index is 1.29. The van der Waals surface area contributed by atoms with Gasteiger partial charge in [0, 0.05) is 44.8 Å². The summed E-state index contributed by atoms with van der Waals surface area (Å²) in [5, 5.41) is 12.4. The Morgan fingerprint density at radius 2 is 2.00 bits per heavy atom. The minimum Gasteiger partial charge on any atom is -0.368 e. The maximum atomic E-state index is 8.98. The lowest BCUT2D eigenvalue weighted by Gasteiger charge is -2.40. The van der Waals surface area contributed by atoms with Crippen LogP contribution in [-0.4, -0.2) is 53.0 Å². The van der Waals surface area contributed by atoms with Crippen molar-refractivity contribution in [3.63, 3.8) is 0 Å². The van der Waals surface area contributed by atoms with Crippen molar-refractivity contribution in [2.45, 2.75) is 24.9 Å². The topological polar surface area (TPSA) is 55.2 Å². The van der Waals surface area contributed by atoms with E-state index in [0.717, 1.165) is 45.1 Å². The van der Waals surface area contributed by atoms with Crippen molar-refractivity contribution in [1.82, 2.24) is 14.8 Å². The highest BCUT2D eigenvalue weighted by Gasteiger charge is 2.48. The van der Waals surface area contributed by atoms with Gasteiger partial charge in [0.15, 0.2) is 0 Å². The van der Waals surface area contributed by atoms with Crippen LogP contribution in [0.4, 0.5) is 5.82 Å². The largest absolute Gasteiger partial charge is 0.368 e. The molecule has 4 rings (SSSR count). The molecule has 0 radical (unpaired) electrons. The molecular weight excluding hydrogens is 322 g/mol. The molecule has 1 aromatic heterocycles. The van der Waals surface area contributed by atoms with Gasteiger partial charge in [-0.2, -0.15) is 5.26 Å². The number of piperazine rings is 1. The number of hydrogen-bond donors (Lipinski definition) is 1. The fourth-order valence-corrected chi connectivity index (χ4v) is 3.72. The zero-order chi connectivity index (χ0) is 17.8. The first-order valence-corrected chi connectivity index (χ1v) is 9.23. The maximum absolute atomic E-state index is 8.98. The van der Waals surface area contributed by atoms with Gasteiger partial charge in [0.1, 0.15) is 17.6 Å². The van der Waals surface area contributed by atoms with Gasteiger partial charge in [0.2, 0.25) is 0 Å². The molecule has 5 heteroatoms. The quantitative estimate of drug-likeness (QED) is 0.871. The number of nitrogens with one attached hydrogen (secondary N) is 1. The number of aromatic nitrogens is 1. The normalized spacial score (nSPS) is 19.3. The SMILES string of the molecule is N#Cc1cccc(NCC2(N3CCN(Cc4cc#ccc4)CC3)CC2)n1. The summed E-state index contributed by atoms with van der Waals surface area (Å²) in [6, 6.07) is 19.7. The van der Waals surface area contributed by atoms with Crippen molar-refractivity contribution >= 4 is 5.82 Å². The van der Waals surface area contributed by atoms with E-state index in [1.54, 1.807) is 6.07 Å². The third-order valence-electron chi connectivity index (χ3n) is 5.46. The van der Waals surface area contributed by atoms with E-state index < -0.39 is 0 Å². The average molecular weight is 345 g/mol. The molecule has 1 saturated heterocycles. The molecule has 1 N–H and O–H groups in total. The third-order valence-corrected chi connectivity index (χ3v) is 5.46. The minimum atomic E-state index is 0.270. The number of pyridine rings is 1. The predicted octanol–water partition coefficient (Wildman–Crippen LogP) is 2.32. The van der Waals surface area contributed by atoms with Crippen molar-refractivity contribution in [2.75, 3.05) is 38.0 Å². The number of hydrogen-bond acceptors (Lipinski definition) is 5. The van der Waals surface area contributed by atoms with Crippen molar-refractivity contribution in [3.8, 4) is 6.07 Å². The van der Waals surface area contributed by atoms with Gasteiger partial charge < -0.3 is 5.32 Å². The molecule has 5 nitrogen and oxygen atoms in total. The molecule has 1 saturated carbocycles. The molecule has 1 aliphatic heterocycles. The Morgan fingerprint density at radius 3 is 2.69 bits per heavy atom. The van der Waals surface area contributed by atoms with Crippen LogP contribution in [0.2, 0.25) is 0 Å². The Bertz CT molecular complexity index is 770. The Morgan fingerprint density at radius 1 is 1.15 bits per heavy atom. The van der Waals surface area contributed by atoms with Crippen LogP contribution in [0.15, 0.2) is 36.4 Å². The summed E-state index contributed by atoms with van der Waals surface area (Å²) in [5.41, 5.74) is 2.04. The molecule has 0 bridgehead atoms. The third kappa shape index (κ3) is 3.80. The molecule has 26 heavy (non-hydrogen) atoms. The molecule has 0 amide bonds. The minimum absolute atomic E-state index is 0.270. The fourth-order valence-electron chi connectivity index (χ4n) is 3.72. The number of nitriles is 1. The number of rotatable bonds is 6. The fraction of sp³-hybridized carbons (Fsp3) is 0.429. The summed E-state index contributed by atoms with van der Waals surface area (Å²) in [5.74, 6) is 0.797. The first kappa shape index (κ1) is 16.8. The van der Waals surface area contributed by atoms with Gasteiger partial charge in [-0.05, 0) is 48.7 Å². The lowest BCUT2D eigenvalue weighted by molar-refractivity contribution is 0.0856. The summed E-state index contributed by atoms with van der Waals surface area (Å²) in [4.78, 5) is 9.47. The molecule has 0 atom stereocenters. The molecular formula is C21H23N5. The average Bonchev–Trinajstić information content (AvgIpc) is 3.49. The van der Waals surface area contributed by atoms with Crippen LogP contribution in [0.3, 0.4) is 0 Å². The molecule has 0 spiro atoms. The van der Waals surface area contributed by atoms with E-state index in [0.29, 0.717) is 5.69 Å². The van der Waals surface area contributed by atoms with Crippen LogP contribution >= 0.6 is 0 Å². The molecule has 0 unspecified atom stereocenters. The Labute approximate surface area is 155 Å². The number of anilines is 1. The van der Waals surface area contributed by atoms with E-state index in [-0.39, 0.29) is 5.54 Å². The second-order valence-corrected chi connectivity index (χ2v) is 7.20. The second kappa shape index (κ2) is 7.33. The number of nitrogens with zero attached hydrogens (tertiary/aromatic N) is 4. The summed E-state index contributed by atoms with van der Waals surface area (Å²) in [6.07, 6.45) is 2.48. The van der Waals surface area contributed by atoms with Gasteiger partial charge >= 0.3 is 0 Å². The summed E-state index contributed by atoms with van der Waals surface area (Å²) >= 11 is 0. The van der Waals surface area contributed by atoms with E-state index in [9.17, 15) is 0 Å². The highest BCUT2D eigenvalue weighted by Crippen LogP contribution is 2.42. The molecule has 132 valence electrons. The van der Waals surface area contributed by atoms with Gasteiger partial charge in [-0.25, -0.2) is 4.98 Å². The van der Waals surface area contributed by atoms with E-state index in [1.807, 2.05) is 24.3 Å². The molecule has 2 heterocycles. The molecule has 2 aliphatic rings. The van der Waals surface area contributed by atoms with Crippen LogP contribution in [0.5, 0.6) is 0 Å². The van der Waals surface area contributed by atoms with E-state index in [4.69, 9.17) is 5.26 Å². The van der Waals surface area contributed by atoms with Crippen LogP contribution < -0.4 is 5.32 Å². The van der Waals surface area contributed by atoms with Crippen LogP contribution in [-0.2, 0) is 6.54 Å². The molecule has 1 aromatic carbocycles.